The van der Waals surface area contributed by atoms with E-state index in [1.165, 1.54) is 154 Å². The van der Waals surface area contributed by atoms with Crippen molar-refractivity contribution in [2.24, 2.45) is 0 Å². The van der Waals surface area contributed by atoms with E-state index in [-0.39, 0.29) is 43.3 Å². The molecule has 15 rings (SSSR count). The SMILES string of the molecule is CC(C)(C)c1cccc(C2CCCN2)c1.CC(C)(C)c1cccc(C2CCNC2)c1.CC(C)(C)c1cccc(N2CCNCC2)c1.CCN(c1cccc(C(C)(C)C)c1)C1CCOCC1.CCN(c1cccc(C(C)(C)C)c1C)C1CCOCC1.CN1CCC(c2cccc(C(C)(C)C)c2)C1.CN1CCN(c2cccc(C(C)(C)C)c2)CC1.CNCCOc1cccc(C(C)(C)C)c1. The third-order valence-electron chi connectivity index (χ3n) is 27.6. The third-order valence-corrected chi connectivity index (χ3v) is 27.6. The lowest BCUT2D eigenvalue weighted by atomic mass is 9.83. The van der Waals surface area contributed by atoms with Gasteiger partial charge in [0.1, 0.15) is 12.4 Å². The summed E-state index contributed by atoms with van der Waals surface area (Å²) in [6.07, 6.45) is 9.77. The summed E-state index contributed by atoms with van der Waals surface area (Å²) in [6, 6.07) is 71.3. The molecule has 133 heavy (non-hydrogen) atoms. The number of nitrogens with zero attached hydrogens (tertiary/aromatic N) is 6. The number of hydrogen-bond donors (Lipinski definition) is 4. The highest BCUT2D eigenvalue weighted by Gasteiger charge is 2.30. The van der Waals surface area contributed by atoms with Crippen LogP contribution in [0.15, 0.2) is 188 Å². The van der Waals surface area contributed by atoms with Gasteiger partial charge < -0.3 is 64.9 Å². The second kappa shape index (κ2) is 51.7. The molecule has 8 aromatic rings. The molecule has 7 aliphatic heterocycles. The van der Waals surface area contributed by atoms with Crippen LogP contribution in [0.1, 0.15) is 316 Å². The van der Waals surface area contributed by atoms with Gasteiger partial charge in [-0.1, -0.05) is 300 Å². The second-order valence-corrected chi connectivity index (χ2v) is 46.8. The van der Waals surface area contributed by atoms with Crippen LogP contribution in [0.4, 0.5) is 22.7 Å². The van der Waals surface area contributed by atoms with E-state index >= 15 is 0 Å². The normalized spacial score (nSPS) is 18.5. The maximum Gasteiger partial charge on any atom is 0.119 e. The van der Waals surface area contributed by atoms with Gasteiger partial charge in [0, 0.05) is 152 Å². The van der Waals surface area contributed by atoms with Crippen LogP contribution in [0.2, 0.25) is 0 Å². The molecule has 7 saturated heterocycles. The Labute approximate surface area is 813 Å². The maximum absolute atomic E-state index is 5.62. The summed E-state index contributed by atoms with van der Waals surface area (Å²) in [7, 11) is 6.34. The van der Waals surface area contributed by atoms with Crippen molar-refractivity contribution in [2.75, 3.05) is 178 Å². The van der Waals surface area contributed by atoms with Crippen molar-refractivity contribution in [3.8, 4) is 5.75 Å². The summed E-state index contributed by atoms with van der Waals surface area (Å²) in [5.74, 6) is 2.43. The molecule has 13 nitrogen and oxygen atoms in total. The largest absolute Gasteiger partial charge is 0.492 e. The average molecular weight is 1820 g/mol. The van der Waals surface area contributed by atoms with Crippen LogP contribution in [0.5, 0.6) is 5.75 Å². The monoisotopic (exact) mass is 1820 g/mol. The lowest BCUT2D eigenvalue weighted by molar-refractivity contribution is 0.0845. The first-order chi connectivity index (χ1) is 62.7. The summed E-state index contributed by atoms with van der Waals surface area (Å²) in [4.78, 5) is 14.9. The van der Waals surface area contributed by atoms with Crippen molar-refractivity contribution < 1.29 is 14.2 Å². The molecule has 7 fully saturated rings. The minimum absolute atomic E-state index is 0.183. The number of hydrogen-bond acceptors (Lipinski definition) is 13. The molecule has 0 amide bonds. The van der Waals surface area contributed by atoms with Crippen LogP contribution < -0.4 is 45.6 Å². The highest BCUT2D eigenvalue weighted by molar-refractivity contribution is 5.59. The molecule has 8 aromatic carbocycles. The fourth-order valence-corrected chi connectivity index (χ4v) is 18.7. The topological polar surface area (TPSA) is 95.2 Å². The molecule has 3 atom stereocenters. The fourth-order valence-electron chi connectivity index (χ4n) is 18.7. The summed E-state index contributed by atoms with van der Waals surface area (Å²) in [6.45, 7) is 83.6. The van der Waals surface area contributed by atoms with Crippen molar-refractivity contribution >= 4 is 22.7 Å². The zero-order valence-corrected chi connectivity index (χ0v) is 89.7. The molecule has 0 spiro atoms. The quantitative estimate of drug-likeness (QED) is 0.0735. The van der Waals surface area contributed by atoms with E-state index in [1.54, 1.807) is 0 Å². The Morgan fingerprint density at radius 1 is 0.383 bits per heavy atom. The van der Waals surface area contributed by atoms with Crippen molar-refractivity contribution in [2.45, 2.75) is 312 Å². The molecule has 4 N–H and O–H groups in total. The zero-order valence-electron chi connectivity index (χ0n) is 89.7. The van der Waals surface area contributed by atoms with Gasteiger partial charge in [-0.15, -0.1) is 0 Å². The average Bonchev–Trinajstić information content (AvgIpc) is 1.26. The lowest BCUT2D eigenvalue weighted by Gasteiger charge is -2.37. The van der Waals surface area contributed by atoms with Gasteiger partial charge in [-0.05, 0) is 289 Å². The van der Waals surface area contributed by atoms with Crippen LogP contribution in [0.3, 0.4) is 0 Å². The molecule has 7 aliphatic rings. The van der Waals surface area contributed by atoms with Gasteiger partial charge in [0.15, 0.2) is 0 Å². The van der Waals surface area contributed by atoms with Gasteiger partial charge in [-0.3, -0.25) is 0 Å². The second-order valence-electron chi connectivity index (χ2n) is 46.8. The molecule has 3 unspecified atom stereocenters. The summed E-state index contributed by atoms with van der Waals surface area (Å²) in [5.41, 5.74) is 24.7. The summed E-state index contributed by atoms with van der Waals surface area (Å²) >= 11 is 0. The molecule has 736 valence electrons. The van der Waals surface area contributed by atoms with Crippen LogP contribution in [-0.4, -0.2) is 181 Å². The number of likely N-dealkylation sites (N-methyl/N-ethyl adjacent to an activating group) is 3. The van der Waals surface area contributed by atoms with E-state index < -0.39 is 0 Å². The first-order valence-electron chi connectivity index (χ1n) is 51.5. The Morgan fingerprint density at radius 2 is 0.805 bits per heavy atom. The van der Waals surface area contributed by atoms with E-state index in [1.807, 2.05) is 13.1 Å². The number of piperazine rings is 2. The Balaban J connectivity index is 0.000000187. The standard InChI is InChI=1S/C18H29NO.C17H27NO.C15H24N2.C15H23N.C14H22N2.2C14H21N.C13H21NO/c1-6-19(15-10-12-20-13-11-15)17-9-7-8-16(14(17)2)18(3,4)5;1-5-18(15-9-11-19-12-10-15)16-8-6-7-14(13-16)17(2,3)4;1-15(2,3)13-6-5-7-14(12-13)17-10-8-16(4)9-11-17;1-15(2,3)14-7-5-6-12(10-14)13-8-9-16(4)11-13;1-14(2,3)12-5-4-6-13(11-12)16-9-7-15-8-10-16;1-14(2,3)12-7-4-6-11(10-12)13-8-5-9-15-13;1-14(2,3)13-6-4-5-11(9-13)12-7-8-15-10-12;1-13(2,3)11-6-5-7-12(10-11)15-9-8-14-4/h7-9,15H,6,10-13H2,1-5H3;6-8,13,15H,5,9-12H2,1-4H3;5-7,12H,8-11H2,1-4H3;5-7,10,13H,8-9,11H2,1-4H3;4-6,11,15H,7-10H2,1-3H3;4,6-7,10,13,15H,5,8-9H2,1-3H3;4-6,9,12,15H,7-8,10H2,1-3H3;5-7,10,14H,8-9H2,1-4H3. The van der Waals surface area contributed by atoms with Crippen molar-refractivity contribution in [1.82, 2.24) is 31.1 Å². The van der Waals surface area contributed by atoms with Gasteiger partial charge in [0.05, 0.1) is 0 Å². The van der Waals surface area contributed by atoms with Gasteiger partial charge in [0.25, 0.3) is 0 Å². The molecule has 13 heteroatoms. The minimum atomic E-state index is 0.183. The van der Waals surface area contributed by atoms with Crippen LogP contribution in [0, 0.1) is 6.92 Å². The van der Waals surface area contributed by atoms with E-state index in [9.17, 15) is 0 Å². The van der Waals surface area contributed by atoms with Crippen LogP contribution >= 0.6 is 0 Å². The first-order valence-corrected chi connectivity index (χ1v) is 51.5. The van der Waals surface area contributed by atoms with E-state index in [0.717, 1.165) is 135 Å². The van der Waals surface area contributed by atoms with E-state index in [4.69, 9.17) is 14.2 Å². The van der Waals surface area contributed by atoms with Crippen molar-refractivity contribution in [3.63, 3.8) is 0 Å². The van der Waals surface area contributed by atoms with Crippen LogP contribution in [-0.2, 0) is 52.8 Å². The number of ether oxygens (including phenoxy) is 3. The highest BCUT2D eigenvalue weighted by atomic mass is 16.5. The predicted octanol–water partition coefficient (Wildman–Crippen LogP) is 25.9. The summed E-state index contributed by atoms with van der Waals surface area (Å²) in [5, 5.41) is 13.4. The molecule has 0 bridgehead atoms. The zero-order chi connectivity index (χ0) is 97.5. The number of nitrogens with one attached hydrogen (secondary N) is 4. The van der Waals surface area contributed by atoms with E-state index in [2.05, 4.69) is 434 Å². The van der Waals surface area contributed by atoms with Crippen molar-refractivity contribution in [1.29, 1.82) is 0 Å². The molecule has 7 heterocycles. The Hall–Kier alpha value is -7.56. The molecule has 0 aliphatic carbocycles. The number of likely N-dealkylation sites (tertiary alicyclic amines) is 1. The van der Waals surface area contributed by atoms with Gasteiger partial charge in [0.2, 0.25) is 0 Å². The maximum atomic E-state index is 5.62. The minimum Gasteiger partial charge on any atom is -0.492 e. The molecule has 0 saturated carbocycles. The van der Waals surface area contributed by atoms with Crippen molar-refractivity contribution in [3.05, 3.63) is 255 Å². The Morgan fingerprint density at radius 3 is 1.24 bits per heavy atom. The molecule has 0 radical (unpaired) electrons. The number of benzene rings is 8. The van der Waals surface area contributed by atoms with Crippen LogP contribution in [0.25, 0.3) is 0 Å². The summed E-state index contributed by atoms with van der Waals surface area (Å²) < 4.78 is 16.6. The fraction of sp³-hybridized carbons (Fsp3) is 0.600. The van der Waals surface area contributed by atoms with Gasteiger partial charge >= 0.3 is 0 Å². The molecular formula is C120H188N10O3. The first kappa shape index (κ1) is 111. The van der Waals surface area contributed by atoms with E-state index in [0.29, 0.717) is 24.7 Å². The molecule has 0 aromatic heterocycles. The Bertz CT molecular complexity index is 4520. The lowest BCUT2D eigenvalue weighted by Crippen LogP contribution is -2.44. The number of anilines is 4. The smallest absolute Gasteiger partial charge is 0.119 e. The number of rotatable bonds is 15. The highest BCUT2D eigenvalue weighted by Crippen LogP contribution is 2.38. The third kappa shape index (κ3) is 36.4. The van der Waals surface area contributed by atoms with Gasteiger partial charge in [-0.2, -0.15) is 0 Å². The molecular weight excluding hydrogens is 1630 g/mol. The predicted molar refractivity (Wildman–Crippen MR) is 579 cm³/mol. The Kier molecular flexibility index (Phi) is 43.1. The van der Waals surface area contributed by atoms with Gasteiger partial charge in [-0.25, -0.2) is 0 Å².